The van der Waals surface area contributed by atoms with Crippen LogP contribution in [0.5, 0.6) is 5.75 Å². The fraction of sp³-hybridized carbons (Fsp3) is 0.200. The van der Waals surface area contributed by atoms with E-state index in [1.54, 1.807) is 5.38 Å². The van der Waals surface area contributed by atoms with Gasteiger partial charge in [0.1, 0.15) is 29.0 Å². The number of carbonyl (C=O) groups excluding carboxylic acids is 1. The van der Waals surface area contributed by atoms with Gasteiger partial charge in [-0.2, -0.15) is 5.26 Å². The molecule has 0 aliphatic rings. The number of hydrogen-bond donors (Lipinski definition) is 1. The molecule has 1 aromatic carbocycles. The van der Waals surface area contributed by atoms with E-state index in [1.165, 1.54) is 11.3 Å². The van der Waals surface area contributed by atoms with Crippen LogP contribution in [-0.2, 0) is 11.3 Å². The van der Waals surface area contributed by atoms with Crippen LogP contribution >= 0.6 is 11.3 Å². The van der Waals surface area contributed by atoms with E-state index in [2.05, 4.69) is 5.32 Å². The highest BCUT2D eigenvalue weighted by atomic mass is 32.1. The van der Waals surface area contributed by atoms with Crippen LogP contribution in [0.1, 0.15) is 18.1 Å². The summed E-state index contributed by atoms with van der Waals surface area (Å²) < 4.78 is 10.4. The Bertz CT molecular complexity index is 647. The molecular formula is C15H14N2O3S. The number of amides is 1. The van der Waals surface area contributed by atoms with Crippen LogP contribution in [0.15, 0.2) is 35.7 Å². The molecule has 0 saturated carbocycles. The molecule has 0 fully saturated rings. The Kier molecular flexibility index (Phi) is 5.18. The van der Waals surface area contributed by atoms with Crippen molar-refractivity contribution in [3.63, 3.8) is 0 Å². The molecule has 0 spiro atoms. The molecule has 0 bridgehead atoms. The molecule has 2 rings (SSSR count). The molecule has 0 aliphatic carbocycles. The predicted molar refractivity (Wildman–Crippen MR) is 80.5 cm³/mol. The van der Waals surface area contributed by atoms with Crippen LogP contribution in [0.3, 0.4) is 0 Å². The number of nitriles is 1. The van der Waals surface area contributed by atoms with Crippen molar-refractivity contribution < 1.29 is 14.3 Å². The predicted octanol–water partition coefficient (Wildman–Crippen LogP) is 3.77. The number of nitrogens with one attached hydrogen (secondary N) is 1. The van der Waals surface area contributed by atoms with Gasteiger partial charge in [-0.15, -0.1) is 11.3 Å². The maximum absolute atomic E-state index is 11.7. The van der Waals surface area contributed by atoms with E-state index < -0.39 is 6.09 Å². The fourth-order valence-corrected chi connectivity index (χ4v) is 2.47. The zero-order valence-electron chi connectivity index (χ0n) is 11.5. The summed E-state index contributed by atoms with van der Waals surface area (Å²) in [6, 6.07) is 11.4. The summed E-state index contributed by atoms with van der Waals surface area (Å²) in [6.07, 6.45) is -0.597. The van der Waals surface area contributed by atoms with E-state index >= 15 is 0 Å². The summed E-state index contributed by atoms with van der Waals surface area (Å²) in [5.41, 5.74) is 1.22. The number of hydrogen-bond acceptors (Lipinski definition) is 5. The Hall–Kier alpha value is -2.52. The summed E-state index contributed by atoms with van der Waals surface area (Å²) in [7, 11) is 0. The van der Waals surface area contributed by atoms with Gasteiger partial charge in [0, 0.05) is 5.38 Å². The van der Waals surface area contributed by atoms with Gasteiger partial charge < -0.3 is 9.47 Å². The summed E-state index contributed by atoms with van der Waals surface area (Å²) >= 11 is 1.23. The summed E-state index contributed by atoms with van der Waals surface area (Å²) in [5.74, 6) is 0.475. The van der Waals surface area contributed by atoms with Gasteiger partial charge in [0.05, 0.1) is 6.61 Å². The Labute approximate surface area is 126 Å². The zero-order chi connectivity index (χ0) is 15.1. The monoisotopic (exact) mass is 302 g/mol. The molecule has 6 heteroatoms. The van der Waals surface area contributed by atoms with Crippen molar-refractivity contribution >= 4 is 22.4 Å². The highest BCUT2D eigenvalue weighted by molar-refractivity contribution is 7.15. The van der Waals surface area contributed by atoms with Gasteiger partial charge in [-0.3, -0.25) is 5.32 Å². The Morgan fingerprint density at radius 3 is 2.81 bits per heavy atom. The Morgan fingerprint density at radius 1 is 1.38 bits per heavy atom. The van der Waals surface area contributed by atoms with Gasteiger partial charge >= 0.3 is 6.09 Å². The van der Waals surface area contributed by atoms with Crippen LogP contribution in [-0.4, -0.2) is 12.7 Å². The summed E-state index contributed by atoms with van der Waals surface area (Å²) in [4.78, 5) is 11.7. The quantitative estimate of drug-likeness (QED) is 0.912. The zero-order valence-corrected chi connectivity index (χ0v) is 12.3. The van der Waals surface area contributed by atoms with Crippen molar-refractivity contribution in [2.24, 2.45) is 0 Å². The molecule has 0 unspecified atom stereocenters. The second kappa shape index (κ2) is 7.31. The van der Waals surface area contributed by atoms with Gasteiger partial charge in [-0.25, -0.2) is 4.79 Å². The molecule has 1 amide bonds. The molecule has 5 nitrogen and oxygen atoms in total. The molecule has 0 atom stereocenters. The van der Waals surface area contributed by atoms with Gasteiger partial charge in [0.25, 0.3) is 0 Å². The van der Waals surface area contributed by atoms with E-state index in [9.17, 15) is 4.79 Å². The number of ether oxygens (including phenoxy) is 2. The molecule has 1 aromatic heterocycles. The lowest BCUT2D eigenvalue weighted by molar-refractivity contribution is 0.155. The van der Waals surface area contributed by atoms with E-state index in [-0.39, 0.29) is 6.61 Å². The molecule has 2 aromatic rings. The Morgan fingerprint density at radius 2 is 2.14 bits per heavy atom. The highest BCUT2D eigenvalue weighted by Crippen LogP contribution is 2.33. The number of carbonyl (C=O) groups is 1. The normalized spacial score (nSPS) is 9.71. The maximum atomic E-state index is 11.7. The molecule has 21 heavy (non-hydrogen) atoms. The smallest absolute Gasteiger partial charge is 0.412 e. The minimum Gasteiger partial charge on any atom is -0.492 e. The lowest BCUT2D eigenvalue weighted by Crippen LogP contribution is -2.13. The first kappa shape index (κ1) is 14.9. The van der Waals surface area contributed by atoms with Crippen molar-refractivity contribution in [3.8, 4) is 11.8 Å². The number of nitrogens with zero attached hydrogens (tertiary/aromatic N) is 1. The highest BCUT2D eigenvalue weighted by Gasteiger charge is 2.15. The van der Waals surface area contributed by atoms with Crippen molar-refractivity contribution in [1.82, 2.24) is 0 Å². The van der Waals surface area contributed by atoms with Crippen molar-refractivity contribution in [3.05, 3.63) is 46.8 Å². The van der Waals surface area contributed by atoms with Crippen LogP contribution in [0.4, 0.5) is 9.80 Å². The van der Waals surface area contributed by atoms with Crippen LogP contribution in [0.25, 0.3) is 0 Å². The van der Waals surface area contributed by atoms with Gasteiger partial charge in [-0.1, -0.05) is 30.3 Å². The first-order valence-electron chi connectivity index (χ1n) is 6.36. The van der Waals surface area contributed by atoms with Gasteiger partial charge in [0.15, 0.2) is 0 Å². The summed E-state index contributed by atoms with van der Waals surface area (Å²) in [5, 5.41) is 13.8. The van der Waals surface area contributed by atoms with Crippen LogP contribution < -0.4 is 10.1 Å². The second-order valence-electron chi connectivity index (χ2n) is 4.04. The van der Waals surface area contributed by atoms with Gasteiger partial charge in [0.2, 0.25) is 0 Å². The lowest BCUT2D eigenvalue weighted by Gasteiger charge is -2.06. The Balaban J connectivity index is 1.95. The summed E-state index contributed by atoms with van der Waals surface area (Å²) in [6.45, 7) is 2.47. The van der Waals surface area contributed by atoms with E-state index in [4.69, 9.17) is 14.7 Å². The third-order valence-electron chi connectivity index (χ3n) is 2.60. The SMILES string of the molecule is CCOc1csc(NC(=O)OCc2ccccc2)c1C#N. The number of thiophene rings is 1. The van der Waals surface area contributed by atoms with Crippen molar-refractivity contribution in [2.45, 2.75) is 13.5 Å². The second-order valence-corrected chi connectivity index (χ2v) is 4.92. The van der Waals surface area contributed by atoms with E-state index in [0.29, 0.717) is 22.9 Å². The minimum atomic E-state index is -0.597. The topological polar surface area (TPSA) is 71.3 Å². The van der Waals surface area contributed by atoms with E-state index in [0.717, 1.165) is 5.56 Å². The molecule has 108 valence electrons. The average Bonchev–Trinajstić information content (AvgIpc) is 2.88. The first-order valence-corrected chi connectivity index (χ1v) is 7.24. The van der Waals surface area contributed by atoms with Crippen LogP contribution in [0.2, 0.25) is 0 Å². The number of benzene rings is 1. The van der Waals surface area contributed by atoms with Gasteiger partial charge in [-0.05, 0) is 12.5 Å². The molecule has 0 radical (unpaired) electrons. The number of anilines is 1. The van der Waals surface area contributed by atoms with Crippen LogP contribution in [0, 0.1) is 11.3 Å². The maximum Gasteiger partial charge on any atom is 0.412 e. The number of rotatable bonds is 5. The fourth-order valence-electron chi connectivity index (χ4n) is 1.65. The van der Waals surface area contributed by atoms with E-state index in [1.807, 2.05) is 43.3 Å². The van der Waals surface area contributed by atoms with Crippen molar-refractivity contribution in [1.29, 1.82) is 5.26 Å². The minimum absolute atomic E-state index is 0.179. The molecule has 0 saturated heterocycles. The third-order valence-corrected chi connectivity index (χ3v) is 3.47. The molecule has 1 N–H and O–H groups in total. The molecule has 1 heterocycles. The average molecular weight is 302 g/mol. The molecular weight excluding hydrogens is 288 g/mol. The van der Waals surface area contributed by atoms with Crippen molar-refractivity contribution in [2.75, 3.05) is 11.9 Å². The first-order chi connectivity index (χ1) is 10.2. The lowest BCUT2D eigenvalue weighted by atomic mass is 10.2. The largest absolute Gasteiger partial charge is 0.492 e. The standard InChI is InChI=1S/C15H14N2O3S/c1-2-19-13-10-21-14(12(13)8-16)17-15(18)20-9-11-6-4-3-5-7-11/h3-7,10H,2,9H2,1H3,(H,17,18). The molecule has 0 aliphatic heterocycles. The third kappa shape index (κ3) is 3.97.